The molecule has 0 radical (unpaired) electrons. The third kappa shape index (κ3) is 3.95. The Morgan fingerprint density at radius 1 is 1.10 bits per heavy atom. The Hall–Kier alpha value is -1.59. The van der Waals surface area contributed by atoms with Crippen LogP contribution in [0.2, 0.25) is 0 Å². The minimum atomic E-state index is 0.290. The van der Waals surface area contributed by atoms with Crippen molar-refractivity contribution in [2.75, 3.05) is 29.0 Å². The summed E-state index contributed by atoms with van der Waals surface area (Å²) in [5.74, 6) is 2.28. The standard InChI is InChI=1S/C15H28N6/c1-4-11-9-7-8-10-12(11)17-14-18-13(16)19-15(20-14)21(5-2)6-3/h11-12H,4-10H2,1-3H3,(H3,16,17,18,19,20). The SMILES string of the molecule is CCC1CCCCC1Nc1nc(N)nc(N(CC)CC)n1. The van der Waals surface area contributed by atoms with Gasteiger partial charge in [0, 0.05) is 19.1 Å². The summed E-state index contributed by atoms with van der Waals surface area (Å²) in [5.41, 5.74) is 5.85. The van der Waals surface area contributed by atoms with E-state index in [-0.39, 0.29) is 0 Å². The van der Waals surface area contributed by atoms with Gasteiger partial charge in [0.25, 0.3) is 0 Å². The van der Waals surface area contributed by atoms with Crippen molar-refractivity contribution in [2.24, 2.45) is 5.92 Å². The molecule has 1 aromatic heterocycles. The predicted molar refractivity (Wildman–Crippen MR) is 87.5 cm³/mol. The van der Waals surface area contributed by atoms with E-state index in [2.05, 4.69) is 45.9 Å². The summed E-state index contributed by atoms with van der Waals surface area (Å²) in [5, 5.41) is 3.50. The molecule has 3 N–H and O–H groups in total. The number of nitrogen functional groups attached to an aromatic ring is 1. The van der Waals surface area contributed by atoms with Crippen LogP contribution in [0.1, 0.15) is 52.9 Å². The molecule has 0 amide bonds. The van der Waals surface area contributed by atoms with Crippen molar-refractivity contribution < 1.29 is 0 Å². The second-order valence-corrected chi connectivity index (χ2v) is 5.69. The maximum atomic E-state index is 5.85. The van der Waals surface area contributed by atoms with Crippen LogP contribution in [0.25, 0.3) is 0 Å². The predicted octanol–water partition coefficient (Wildman–Crippen LogP) is 2.68. The van der Waals surface area contributed by atoms with Gasteiger partial charge in [0.1, 0.15) is 0 Å². The van der Waals surface area contributed by atoms with Gasteiger partial charge in [0.15, 0.2) is 0 Å². The summed E-state index contributed by atoms with van der Waals surface area (Å²) in [6.07, 6.45) is 6.28. The van der Waals surface area contributed by atoms with E-state index in [9.17, 15) is 0 Å². The molecular formula is C15H28N6. The van der Waals surface area contributed by atoms with Crippen LogP contribution in [-0.4, -0.2) is 34.1 Å². The highest BCUT2D eigenvalue weighted by atomic mass is 15.3. The van der Waals surface area contributed by atoms with Gasteiger partial charge in [-0.1, -0.05) is 26.2 Å². The van der Waals surface area contributed by atoms with Crippen LogP contribution in [0.4, 0.5) is 17.8 Å². The van der Waals surface area contributed by atoms with Gasteiger partial charge >= 0.3 is 0 Å². The molecule has 6 nitrogen and oxygen atoms in total. The van der Waals surface area contributed by atoms with Crippen LogP contribution < -0.4 is 16.0 Å². The van der Waals surface area contributed by atoms with Gasteiger partial charge in [-0.15, -0.1) is 0 Å². The fourth-order valence-corrected chi connectivity index (χ4v) is 3.15. The lowest BCUT2D eigenvalue weighted by atomic mass is 9.83. The molecule has 0 saturated heterocycles. The number of nitrogens with one attached hydrogen (secondary N) is 1. The maximum absolute atomic E-state index is 5.85. The van der Waals surface area contributed by atoms with E-state index in [1.54, 1.807) is 0 Å². The lowest BCUT2D eigenvalue weighted by molar-refractivity contribution is 0.316. The number of hydrogen-bond donors (Lipinski definition) is 2. The van der Waals surface area contributed by atoms with E-state index in [0.29, 0.717) is 29.8 Å². The van der Waals surface area contributed by atoms with Crippen molar-refractivity contribution in [3.63, 3.8) is 0 Å². The number of rotatable bonds is 6. The van der Waals surface area contributed by atoms with Crippen molar-refractivity contribution in [1.82, 2.24) is 15.0 Å². The van der Waals surface area contributed by atoms with E-state index in [4.69, 9.17) is 5.73 Å². The zero-order valence-electron chi connectivity index (χ0n) is 13.5. The Bertz CT molecular complexity index is 446. The topological polar surface area (TPSA) is 80.0 Å². The highest BCUT2D eigenvalue weighted by Gasteiger charge is 2.24. The molecule has 6 heteroatoms. The molecule has 2 atom stereocenters. The minimum Gasteiger partial charge on any atom is -0.368 e. The molecule has 1 heterocycles. The summed E-state index contributed by atoms with van der Waals surface area (Å²) in [7, 11) is 0. The Morgan fingerprint density at radius 3 is 2.48 bits per heavy atom. The largest absolute Gasteiger partial charge is 0.368 e. The molecule has 1 fully saturated rings. The Kier molecular flexibility index (Phi) is 5.59. The first-order valence-corrected chi connectivity index (χ1v) is 8.20. The first-order chi connectivity index (χ1) is 10.2. The molecule has 1 saturated carbocycles. The molecule has 0 spiro atoms. The molecule has 0 aromatic carbocycles. The second kappa shape index (κ2) is 7.43. The number of aromatic nitrogens is 3. The summed E-state index contributed by atoms with van der Waals surface area (Å²) >= 11 is 0. The molecule has 0 bridgehead atoms. The second-order valence-electron chi connectivity index (χ2n) is 5.69. The Morgan fingerprint density at radius 2 is 1.81 bits per heavy atom. The monoisotopic (exact) mass is 292 g/mol. The van der Waals surface area contributed by atoms with Crippen LogP contribution in [-0.2, 0) is 0 Å². The van der Waals surface area contributed by atoms with Crippen molar-refractivity contribution in [2.45, 2.75) is 58.9 Å². The summed E-state index contributed by atoms with van der Waals surface area (Å²) in [4.78, 5) is 15.2. The molecule has 21 heavy (non-hydrogen) atoms. The summed E-state index contributed by atoms with van der Waals surface area (Å²) in [6, 6.07) is 0.454. The first kappa shape index (κ1) is 15.8. The van der Waals surface area contributed by atoms with Gasteiger partial charge in [-0.3, -0.25) is 0 Å². The average molecular weight is 292 g/mol. The van der Waals surface area contributed by atoms with Gasteiger partial charge in [0.05, 0.1) is 0 Å². The van der Waals surface area contributed by atoms with E-state index in [1.807, 2.05) is 0 Å². The van der Waals surface area contributed by atoms with Gasteiger partial charge in [-0.2, -0.15) is 15.0 Å². The Labute approximate surface area is 127 Å². The third-order valence-electron chi connectivity index (χ3n) is 4.44. The van der Waals surface area contributed by atoms with Crippen molar-refractivity contribution in [3.05, 3.63) is 0 Å². The van der Waals surface area contributed by atoms with Crippen molar-refractivity contribution in [3.8, 4) is 0 Å². The highest BCUT2D eigenvalue weighted by Crippen LogP contribution is 2.29. The average Bonchev–Trinajstić information content (AvgIpc) is 2.48. The van der Waals surface area contributed by atoms with Crippen LogP contribution in [0, 0.1) is 5.92 Å². The maximum Gasteiger partial charge on any atom is 0.231 e. The zero-order chi connectivity index (χ0) is 15.2. The van der Waals surface area contributed by atoms with E-state index < -0.39 is 0 Å². The third-order valence-corrected chi connectivity index (χ3v) is 4.44. The summed E-state index contributed by atoms with van der Waals surface area (Å²) in [6.45, 7) is 8.16. The molecular weight excluding hydrogens is 264 g/mol. The van der Waals surface area contributed by atoms with E-state index >= 15 is 0 Å². The smallest absolute Gasteiger partial charge is 0.231 e. The van der Waals surface area contributed by atoms with Gasteiger partial charge in [0.2, 0.25) is 17.8 Å². The first-order valence-electron chi connectivity index (χ1n) is 8.20. The fraction of sp³-hybridized carbons (Fsp3) is 0.800. The van der Waals surface area contributed by atoms with Gasteiger partial charge in [-0.05, 0) is 32.6 Å². The van der Waals surface area contributed by atoms with Gasteiger partial charge < -0.3 is 16.0 Å². The molecule has 118 valence electrons. The molecule has 1 aliphatic rings. The van der Waals surface area contributed by atoms with Crippen LogP contribution >= 0.6 is 0 Å². The molecule has 2 rings (SSSR count). The minimum absolute atomic E-state index is 0.290. The van der Waals surface area contributed by atoms with Crippen molar-refractivity contribution in [1.29, 1.82) is 0 Å². The molecule has 2 unspecified atom stereocenters. The zero-order valence-corrected chi connectivity index (χ0v) is 13.5. The van der Waals surface area contributed by atoms with Gasteiger partial charge in [-0.25, -0.2) is 0 Å². The molecule has 1 aromatic rings. The van der Waals surface area contributed by atoms with Crippen LogP contribution in [0.15, 0.2) is 0 Å². The highest BCUT2D eigenvalue weighted by molar-refractivity contribution is 5.42. The lowest BCUT2D eigenvalue weighted by Crippen LogP contribution is -2.33. The summed E-state index contributed by atoms with van der Waals surface area (Å²) < 4.78 is 0. The molecule has 0 aliphatic heterocycles. The Balaban J connectivity index is 2.15. The van der Waals surface area contributed by atoms with Crippen molar-refractivity contribution >= 4 is 17.8 Å². The number of nitrogens with zero attached hydrogens (tertiary/aromatic N) is 4. The van der Waals surface area contributed by atoms with E-state index in [1.165, 1.54) is 32.1 Å². The quantitative estimate of drug-likeness (QED) is 0.839. The van der Waals surface area contributed by atoms with Crippen LogP contribution in [0.3, 0.4) is 0 Å². The lowest BCUT2D eigenvalue weighted by Gasteiger charge is -2.31. The number of hydrogen-bond acceptors (Lipinski definition) is 6. The molecule has 1 aliphatic carbocycles. The normalized spacial score (nSPS) is 22.0. The number of nitrogens with two attached hydrogens (primary N) is 1. The fourth-order valence-electron chi connectivity index (χ4n) is 3.15. The van der Waals surface area contributed by atoms with E-state index in [0.717, 1.165) is 13.1 Å². The van der Waals surface area contributed by atoms with Crippen LogP contribution in [0.5, 0.6) is 0 Å². The number of anilines is 3.